The molecular formula is C20H21N3O2. The van der Waals surface area contributed by atoms with Crippen LogP contribution in [0, 0.1) is 17.2 Å². The highest BCUT2D eigenvalue weighted by molar-refractivity contribution is 5.90. The molecule has 3 rings (SSSR count). The number of nitrogens with one attached hydrogen (secondary N) is 1. The van der Waals surface area contributed by atoms with E-state index in [1.807, 2.05) is 48.5 Å². The molecule has 1 N–H and O–H groups in total. The molecular weight excluding hydrogens is 314 g/mol. The van der Waals surface area contributed by atoms with E-state index >= 15 is 0 Å². The number of carbonyl (C=O) groups excluding carboxylic acids is 1. The number of rotatable bonds is 3. The predicted octanol–water partition coefficient (Wildman–Crippen LogP) is 4.13. The molecule has 1 heterocycles. The second-order valence-corrected chi connectivity index (χ2v) is 6.13. The molecule has 0 atom stereocenters. The van der Waals surface area contributed by atoms with Crippen molar-refractivity contribution in [3.05, 3.63) is 48.5 Å². The van der Waals surface area contributed by atoms with Crippen LogP contribution >= 0.6 is 0 Å². The number of hydrogen-bond donors (Lipinski definition) is 1. The Morgan fingerprint density at radius 3 is 2.52 bits per heavy atom. The molecule has 5 nitrogen and oxygen atoms in total. The Bertz CT molecular complexity index is 790. The van der Waals surface area contributed by atoms with E-state index in [0.717, 1.165) is 35.4 Å². The molecule has 0 saturated carbocycles. The Morgan fingerprint density at radius 1 is 1.16 bits per heavy atom. The molecule has 1 aliphatic heterocycles. The van der Waals surface area contributed by atoms with Gasteiger partial charge in [-0.05, 0) is 48.2 Å². The molecule has 2 amide bonds. The summed E-state index contributed by atoms with van der Waals surface area (Å²) >= 11 is 0. The maximum Gasteiger partial charge on any atom is 0.321 e. The number of carbonyl (C=O) groups is 1. The summed E-state index contributed by atoms with van der Waals surface area (Å²) in [4.78, 5) is 14.2. The minimum absolute atomic E-state index is 0.0699. The fourth-order valence-electron chi connectivity index (χ4n) is 2.99. The highest BCUT2D eigenvalue weighted by Crippen LogP contribution is 2.26. The zero-order chi connectivity index (χ0) is 17.6. The highest BCUT2D eigenvalue weighted by atomic mass is 16.5. The van der Waals surface area contributed by atoms with Crippen LogP contribution < -0.4 is 10.1 Å². The monoisotopic (exact) mass is 335 g/mol. The largest absolute Gasteiger partial charge is 0.497 e. The minimum Gasteiger partial charge on any atom is -0.497 e. The van der Waals surface area contributed by atoms with Crippen molar-refractivity contribution in [2.24, 2.45) is 5.92 Å². The third kappa shape index (κ3) is 4.10. The maximum atomic E-state index is 12.4. The molecule has 1 aliphatic rings. The van der Waals surface area contributed by atoms with Gasteiger partial charge in [0.2, 0.25) is 0 Å². The molecule has 1 fully saturated rings. The lowest BCUT2D eigenvalue weighted by molar-refractivity contribution is 0.192. The van der Waals surface area contributed by atoms with Gasteiger partial charge in [0.05, 0.1) is 13.2 Å². The van der Waals surface area contributed by atoms with Crippen molar-refractivity contribution in [3.63, 3.8) is 0 Å². The van der Waals surface area contributed by atoms with E-state index in [1.54, 1.807) is 12.0 Å². The quantitative estimate of drug-likeness (QED) is 0.917. The summed E-state index contributed by atoms with van der Waals surface area (Å²) < 4.78 is 5.27. The summed E-state index contributed by atoms with van der Waals surface area (Å²) in [5.41, 5.74) is 2.80. The molecule has 128 valence electrons. The summed E-state index contributed by atoms with van der Waals surface area (Å²) in [5.74, 6) is 0.868. The third-order valence-corrected chi connectivity index (χ3v) is 4.48. The fraction of sp³-hybridized carbons (Fsp3) is 0.300. The molecule has 0 aliphatic carbocycles. The number of amides is 2. The Kier molecular flexibility index (Phi) is 5.20. The number of likely N-dealkylation sites (tertiary alicyclic amines) is 1. The van der Waals surface area contributed by atoms with Gasteiger partial charge >= 0.3 is 6.03 Å². The fourth-order valence-corrected chi connectivity index (χ4v) is 2.99. The number of methoxy groups -OCH3 is 1. The number of benzene rings is 2. The van der Waals surface area contributed by atoms with Crippen LogP contribution in [0.5, 0.6) is 5.75 Å². The number of piperidine rings is 1. The first-order chi connectivity index (χ1) is 12.2. The van der Waals surface area contributed by atoms with Crippen molar-refractivity contribution in [1.29, 1.82) is 5.26 Å². The third-order valence-electron chi connectivity index (χ3n) is 4.48. The van der Waals surface area contributed by atoms with E-state index in [1.165, 1.54) is 0 Å². The summed E-state index contributed by atoms with van der Waals surface area (Å²) in [7, 11) is 1.64. The van der Waals surface area contributed by atoms with E-state index in [-0.39, 0.29) is 11.9 Å². The molecule has 0 bridgehead atoms. The van der Waals surface area contributed by atoms with Crippen LogP contribution in [-0.2, 0) is 0 Å². The first kappa shape index (κ1) is 16.8. The number of nitrogens with zero attached hydrogens (tertiary/aromatic N) is 2. The standard InChI is InChI=1S/C20H21N3O2/c1-25-19-7-3-5-17(13-19)16-4-2-6-18(12-16)22-20(24)23-10-8-15(14-21)9-11-23/h2-7,12-13,15H,8-11H2,1H3,(H,22,24). The van der Waals surface area contributed by atoms with Crippen molar-refractivity contribution in [3.8, 4) is 22.9 Å². The molecule has 0 aromatic heterocycles. The topological polar surface area (TPSA) is 65.4 Å². The summed E-state index contributed by atoms with van der Waals surface area (Å²) in [6.07, 6.45) is 1.49. The van der Waals surface area contributed by atoms with Gasteiger partial charge in [-0.15, -0.1) is 0 Å². The average molecular weight is 335 g/mol. The van der Waals surface area contributed by atoms with Crippen molar-refractivity contribution in [2.45, 2.75) is 12.8 Å². The van der Waals surface area contributed by atoms with Crippen LogP contribution in [0.1, 0.15) is 12.8 Å². The SMILES string of the molecule is COc1cccc(-c2cccc(NC(=O)N3CCC(C#N)CC3)c2)c1. The summed E-state index contributed by atoms with van der Waals surface area (Å²) in [6, 6.07) is 17.7. The molecule has 25 heavy (non-hydrogen) atoms. The lowest BCUT2D eigenvalue weighted by atomic mass is 9.99. The van der Waals surface area contributed by atoms with Gasteiger partial charge in [-0.25, -0.2) is 4.79 Å². The maximum absolute atomic E-state index is 12.4. The minimum atomic E-state index is -0.112. The number of anilines is 1. The van der Waals surface area contributed by atoms with Crippen molar-refractivity contribution >= 4 is 11.7 Å². The molecule has 0 radical (unpaired) electrons. The number of nitriles is 1. The molecule has 1 saturated heterocycles. The second-order valence-electron chi connectivity index (χ2n) is 6.13. The molecule has 5 heteroatoms. The Hall–Kier alpha value is -3.00. The van der Waals surface area contributed by atoms with E-state index in [4.69, 9.17) is 10.00 Å². The van der Waals surface area contributed by atoms with Crippen molar-refractivity contribution in [1.82, 2.24) is 4.90 Å². The predicted molar refractivity (Wildman–Crippen MR) is 97.4 cm³/mol. The van der Waals surface area contributed by atoms with Gasteiger partial charge in [-0.3, -0.25) is 0 Å². The van der Waals surface area contributed by atoms with E-state index in [0.29, 0.717) is 13.1 Å². The Labute approximate surface area is 147 Å². The zero-order valence-corrected chi connectivity index (χ0v) is 14.2. The first-order valence-corrected chi connectivity index (χ1v) is 8.39. The van der Waals surface area contributed by atoms with Gasteiger partial charge in [0, 0.05) is 24.7 Å². The molecule has 2 aromatic carbocycles. The lowest BCUT2D eigenvalue weighted by Crippen LogP contribution is -2.40. The van der Waals surface area contributed by atoms with Crippen LogP contribution in [0.25, 0.3) is 11.1 Å². The van der Waals surface area contributed by atoms with Gasteiger partial charge < -0.3 is 15.0 Å². The van der Waals surface area contributed by atoms with E-state index in [2.05, 4.69) is 11.4 Å². The van der Waals surface area contributed by atoms with Crippen LogP contribution in [0.4, 0.5) is 10.5 Å². The normalized spacial score (nSPS) is 14.6. The number of ether oxygens (including phenoxy) is 1. The van der Waals surface area contributed by atoms with E-state index in [9.17, 15) is 4.79 Å². The Morgan fingerprint density at radius 2 is 1.84 bits per heavy atom. The van der Waals surface area contributed by atoms with Gasteiger partial charge in [0.1, 0.15) is 5.75 Å². The number of hydrogen-bond acceptors (Lipinski definition) is 3. The second kappa shape index (κ2) is 7.71. The van der Waals surface area contributed by atoms with Gasteiger partial charge in [-0.2, -0.15) is 5.26 Å². The molecule has 0 spiro atoms. The first-order valence-electron chi connectivity index (χ1n) is 8.39. The van der Waals surface area contributed by atoms with Crippen LogP contribution in [0.2, 0.25) is 0 Å². The molecule has 2 aromatic rings. The Balaban J connectivity index is 1.69. The van der Waals surface area contributed by atoms with Crippen molar-refractivity contribution in [2.75, 3.05) is 25.5 Å². The summed E-state index contributed by atoms with van der Waals surface area (Å²) in [5, 5.41) is 11.9. The molecule has 0 unspecified atom stereocenters. The van der Waals surface area contributed by atoms with E-state index < -0.39 is 0 Å². The van der Waals surface area contributed by atoms with Crippen LogP contribution in [0.3, 0.4) is 0 Å². The van der Waals surface area contributed by atoms with Crippen molar-refractivity contribution < 1.29 is 9.53 Å². The zero-order valence-electron chi connectivity index (χ0n) is 14.2. The van der Waals surface area contributed by atoms with Crippen LogP contribution in [-0.4, -0.2) is 31.1 Å². The van der Waals surface area contributed by atoms with Gasteiger partial charge in [0.25, 0.3) is 0 Å². The van der Waals surface area contributed by atoms with Gasteiger partial charge in [0.15, 0.2) is 0 Å². The lowest BCUT2D eigenvalue weighted by Gasteiger charge is -2.29. The average Bonchev–Trinajstić information content (AvgIpc) is 2.68. The number of urea groups is 1. The smallest absolute Gasteiger partial charge is 0.321 e. The van der Waals surface area contributed by atoms with Gasteiger partial charge in [-0.1, -0.05) is 24.3 Å². The summed E-state index contributed by atoms with van der Waals surface area (Å²) in [6.45, 7) is 1.25. The highest BCUT2D eigenvalue weighted by Gasteiger charge is 2.22. The van der Waals surface area contributed by atoms with Crippen LogP contribution in [0.15, 0.2) is 48.5 Å².